The summed E-state index contributed by atoms with van der Waals surface area (Å²) in [5.41, 5.74) is 0.143. The monoisotopic (exact) mass is 368 g/mol. The molecule has 7 nitrogen and oxygen atoms in total. The van der Waals surface area contributed by atoms with E-state index in [4.69, 9.17) is 4.74 Å². The van der Waals surface area contributed by atoms with Crippen LogP contribution in [0.2, 0.25) is 0 Å². The van der Waals surface area contributed by atoms with Gasteiger partial charge in [0.2, 0.25) is 5.78 Å². The average Bonchev–Trinajstić information content (AvgIpc) is 2.67. The summed E-state index contributed by atoms with van der Waals surface area (Å²) in [6.45, 7) is 0. The lowest BCUT2D eigenvalue weighted by molar-refractivity contribution is -0.142. The number of carboxylic acid groups (broad SMARTS) is 1. The third-order valence-electron chi connectivity index (χ3n) is 5.37. The van der Waals surface area contributed by atoms with Gasteiger partial charge in [-0.2, -0.15) is 0 Å². The zero-order valence-electron chi connectivity index (χ0n) is 14.4. The zero-order chi connectivity index (χ0) is 19.5. The van der Waals surface area contributed by atoms with E-state index in [1.165, 1.54) is 13.2 Å². The van der Waals surface area contributed by atoms with Crippen molar-refractivity contribution in [3.05, 3.63) is 51.6 Å². The number of ether oxygens (including phenoxy) is 1. The molecule has 0 aromatic heterocycles. The van der Waals surface area contributed by atoms with E-state index in [1.807, 2.05) is 0 Å². The average molecular weight is 368 g/mol. The number of hydrogen-bond donors (Lipinski definition) is 3. The Balaban J connectivity index is 1.99. The Hall–Kier alpha value is -3.35. The van der Waals surface area contributed by atoms with Crippen molar-refractivity contribution in [2.24, 2.45) is 5.92 Å². The molecule has 7 heteroatoms. The van der Waals surface area contributed by atoms with Crippen molar-refractivity contribution in [1.82, 2.24) is 0 Å². The number of rotatable bonds is 2. The molecule has 2 aromatic carbocycles. The maximum absolute atomic E-state index is 13.1. The van der Waals surface area contributed by atoms with Crippen LogP contribution in [0, 0.1) is 5.92 Å². The summed E-state index contributed by atoms with van der Waals surface area (Å²) in [6, 6.07) is 4.56. The molecule has 27 heavy (non-hydrogen) atoms. The molecule has 0 radical (unpaired) electrons. The first kappa shape index (κ1) is 17.1. The van der Waals surface area contributed by atoms with Gasteiger partial charge in [-0.25, -0.2) is 0 Å². The Bertz CT molecular complexity index is 1040. The topological polar surface area (TPSA) is 121 Å². The van der Waals surface area contributed by atoms with E-state index in [1.54, 1.807) is 12.1 Å². The molecule has 0 amide bonds. The van der Waals surface area contributed by atoms with Gasteiger partial charge in [0.1, 0.15) is 17.2 Å². The molecule has 2 aromatic rings. The van der Waals surface area contributed by atoms with Crippen LogP contribution in [-0.4, -0.2) is 40.0 Å². The van der Waals surface area contributed by atoms with E-state index < -0.39 is 29.2 Å². The summed E-state index contributed by atoms with van der Waals surface area (Å²) < 4.78 is 5.19. The molecular formula is C20H16O7. The molecule has 3 N–H and O–H groups in total. The van der Waals surface area contributed by atoms with Crippen molar-refractivity contribution in [2.45, 2.75) is 19.3 Å². The number of carbonyl (C=O) groups is 3. The van der Waals surface area contributed by atoms with Crippen LogP contribution in [0.5, 0.6) is 17.2 Å². The number of carbonyl (C=O) groups excluding carboxylic acids is 2. The van der Waals surface area contributed by atoms with Gasteiger partial charge >= 0.3 is 5.97 Å². The molecule has 138 valence electrons. The van der Waals surface area contributed by atoms with Gasteiger partial charge in [0, 0.05) is 16.7 Å². The first-order valence-electron chi connectivity index (χ1n) is 8.45. The molecule has 4 rings (SSSR count). The minimum absolute atomic E-state index is 0.0101. The molecule has 0 aliphatic heterocycles. The highest BCUT2D eigenvalue weighted by molar-refractivity contribution is 6.31. The van der Waals surface area contributed by atoms with Gasteiger partial charge in [-0.3, -0.25) is 14.4 Å². The minimum atomic E-state index is -1.00. The number of phenols is 2. The van der Waals surface area contributed by atoms with Crippen LogP contribution in [0.15, 0.2) is 18.2 Å². The SMILES string of the molecule is COc1cccc2c1C(=O)c1c(O)c3c(c(O)c1C2=O)CC(C(=O)O)CC3. The molecular weight excluding hydrogens is 352 g/mol. The summed E-state index contributed by atoms with van der Waals surface area (Å²) >= 11 is 0. The second-order valence-electron chi connectivity index (χ2n) is 6.72. The fourth-order valence-corrected chi connectivity index (χ4v) is 4.02. The number of benzene rings is 2. The van der Waals surface area contributed by atoms with Crippen LogP contribution < -0.4 is 4.74 Å². The van der Waals surface area contributed by atoms with Gasteiger partial charge in [-0.05, 0) is 25.3 Å². The van der Waals surface area contributed by atoms with Gasteiger partial charge in [0.05, 0.1) is 29.7 Å². The van der Waals surface area contributed by atoms with Crippen LogP contribution in [0.4, 0.5) is 0 Å². The number of methoxy groups -OCH3 is 1. The van der Waals surface area contributed by atoms with Gasteiger partial charge < -0.3 is 20.1 Å². The van der Waals surface area contributed by atoms with Crippen LogP contribution in [0.25, 0.3) is 0 Å². The van der Waals surface area contributed by atoms with Gasteiger partial charge in [0.25, 0.3) is 0 Å². The molecule has 0 heterocycles. The largest absolute Gasteiger partial charge is 0.507 e. The summed E-state index contributed by atoms with van der Waals surface area (Å²) in [5, 5.41) is 30.7. The van der Waals surface area contributed by atoms with Gasteiger partial charge in [-0.15, -0.1) is 0 Å². The smallest absolute Gasteiger partial charge is 0.306 e. The number of carboxylic acids is 1. The predicted octanol–water partition coefficient (Wildman–Crippen LogP) is 2.07. The Morgan fingerprint density at radius 3 is 2.37 bits per heavy atom. The van der Waals surface area contributed by atoms with E-state index in [-0.39, 0.29) is 58.6 Å². The molecule has 0 spiro atoms. The summed E-state index contributed by atoms with van der Waals surface area (Å²) in [4.78, 5) is 37.4. The number of fused-ring (bicyclic) bond motifs is 3. The van der Waals surface area contributed by atoms with Gasteiger partial charge in [-0.1, -0.05) is 12.1 Å². The lowest BCUT2D eigenvalue weighted by atomic mass is 9.75. The Labute approximate surface area is 153 Å². The van der Waals surface area contributed by atoms with E-state index in [0.717, 1.165) is 0 Å². The van der Waals surface area contributed by atoms with E-state index in [9.17, 15) is 29.7 Å². The number of aliphatic carboxylic acids is 1. The maximum atomic E-state index is 13.1. The molecule has 2 aliphatic rings. The van der Waals surface area contributed by atoms with E-state index >= 15 is 0 Å². The Morgan fingerprint density at radius 2 is 1.70 bits per heavy atom. The Morgan fingerprint density at radius 1 is 1.04 bits per heavy atom. The van der Waals surface area contributed by atoms with Gasteiger partial charge in [0.15, 0.2) is 5.78 Å². The predicted molar refractivity (Wildman–Crippen MR) is 92.8 cm³/mol. The first-order chi connectivity index (χ1) is 12.9. The fourth-order valence-electron chi connectivity index (χ4n) is 4.02. The highest BCUT2D eigenvalue weighted by atomic mass is 16.5. The third-order valence-corrected chi connectivity index (χ3v) is 5.37. The molecule has 2 aliphatic carbocycles. The molecule has 1 unspecified atom stereocenters. The van der Waals surface area contributed by atoms with Crippen molar-refractivity contribution in [1.29, 1.82) is 0 Å². The first-order valence-corrected chi connectivity index (χ1v) is 8.45. The zero-order valence-corrected chi connectivity index (χ0v) is 14.4. The standard InChI is InChI=1S/C20H16O7/c1-27-12-4-2-3-10-13(12)19(24)15-14(17(10)22)18(23)11-7-8(20(25)26)5-6-9(11)16(15)21/h2-4,8,21,23H,5-7H2,1H3,(H,25,26). The second kappa shape index (κ2) is 5.84. The second-order valence-corrected chi connectivity index (χ2v) is 6.72. The lowest BCUT2D eigenvalue weighted by Crippen LogP contribution is -2.27. The van der Waals surface area contributed by atoms with E-state index in [0.29, 0.717) is 5.56 Å². The van der Waals surface area contributed by atoms with Crippen LogP contribution in [0.3, 0.4) is 0 Å². The number of hydrogen-bond acceptors (Lipinski definition) is 6. The molecule has 0 saturated carbocycles. The highest BCUT2D eigenvalue weighted by Gasteiger charge is 2.40. The maximum Gasteiger partial charge on any atom is 0.306 e. The van der Waals surface area contributed by atoms with Crippen molar-refractivity contribution in [3.8, 4) is 17.2 Å². The molecule has 0 saturated heterocycles. The van der Waals surface area contributed by atoms with Crippen molar-refractivity contribution < 1.29 is 34.4 Å². The van der Waals surface area contributed by atoms with Crippen molar-refractivity contribution >= 4 is 17.5 Å². The molecule has 0 bridgehead atoms. The number of phenolic OH excluding ortho intramolecular Hbond substituents is 2. The Kier molecular flexibility index (Phi) is 3.69. The van der Waals surface area contributed by atoms with Crippen LogP contribution in [-0.2, 0) is 17.6 Å². The van der Waals surface area contributed by atoms with Crippen LogP contribution in [0.1, 0.15) is 49.4 Å². The van der Waals surface area contributed by atoms with Crippen molar-refractivity contribution in [2.75, 3.05) is 7.11 Å². The molecule has 1 atom stereocenters. The summed E-state index contributed by atoms with van der Waals surface area (Å²) in [6.07, 6.45) is 0.458. The quantitative estimate of drug-likeness (QED) is 0.592. The minimum Gasteiger partial charge on any atom is -0.507 e. The fraction of sp³-hybridized carbons (Fsp3) is 0.250. The number of ketones is 2. The van der Waals surface area contributed by atoms with E-state index in [2.05, 4.69) is 0 Å². The molecule has 0 fully saturated rings. The normalized spacial score (nSPS) is 17.7. The highest BCUT2D eigenvalue weighted by Crippen LogP contribution is 2.47. The van der Waals surface area contributed by atoms with Crippen LogP contribution >= 0.6 is 0 Å². The number of aromatic hydroxyl groups is 2. The summed E-state index contributed by atoms with van der Waals surface area (Å²) in [5.74, 6) is -3.51. The van der Waals surface area contributed by atoms with Crippen molar-refractivity contribution in [3.63, 3.8) is 0 Å². The third kappa shape index (κ3) is 2.24. The summed E-state index contributed by atoms with van der Waals surface area (Å²) in [7, 11) is 1.37. The lowest BCUT2D eigenvalue weighted by Gasteiger charge is -2.28.